The van der Waals surface area contributed by atoms with Crippen LogP contribution in [0, 0.1) is 13.8 Å². The van der Waals surface area contributed by atoms with Gasteiger partial charge in [-0.05, 0) is 57.4 Å². The Morgan fingerprint density at radius 2 is 2.06 bits per heavy atom. The number of hydrogen-bond donors (Lipinski definition) is 0. The highest BCUT2D eigenvalue weighted by Gasteiger charge is 2.31. The molecule has 1 amide bonds. The Balaban J connectivity index is 1.50. The monoisotopic (exact) mass is 482 g/mol. The summed E-state index contributed by atoms with van der Waals surface area (Å²) in [6.45, 7) is 8.60. The van der Waals surface area contributed by atoms with E-state index in [9.17, 15) is 9.59 Å². The van der Waals surface area contributed by atoms with E-state index in [2.05, 4.69) is 4.98 Å². The summed E-state index contributed by atoms with van der Waals surface area (Å²) in [6, 6.07) is 3.91. The van der Waals surface area contributed by atoms with E-state index in [-0.39, 0.29) is 18.1 Å². The van der Waals surface area contributed by atoms with Crippen LogP contribution in [0.3, 0.4) is 0 Å². The lowest BCUT2D eigenvalue weighted by molar-refractivity contribution is -0.129. The number of carbonyl (C=O) groups is 2. The van der Waals surface area contributed by atoms with Gasteiger partial charge in [0.05, 0.1) is 12.1 Å². The van der Waals surface area contributed by atoms with Gasteiger partial charge in [-0.3, -0.25) is 4.79 Å². The predicted octanol–water partition coefficient (Wildman–Crippen LogP) is 5.14. The summed E-state index contributed by atoms with van der Waals surface area (Å²) in [5.74, 6) is 1.22. The quantitative estimate of drug-likeness (QED) is 0.364. The molecule has 0 N–H and O–H groups in total. The molecule has 1 aliphatic heterocycles. The lowest BCUT2D eigenvalue weighted by atomic mass is 10.1. The molecule has 0 bridgehead atoms. The highest BCUT2D eigenvalue weighted by molar-refractivity contribution is 8.01. The molecule has 2 aromatic rings. The van der Waals surface area contributed by atoms with E-state index in [0.29, 0.717) is 31.0 Å². The van der Waals surface area contributed by atoms with Crippen molar-refractivity contribution < 1.29 is 19.1 Å². The Labute approximate surface area is 196 Å². The molecule has 3 rings (SSSR count). The van der Waals surface area contributed by atoms with E-state index in [1.54, 1.807) is 5.38 Å². The van der Waals surface area contributed by atoms with E-state index in [0.717, 1.165) is 32.7 Å². The Morgan fingerprint density at radius 3 is 2.74 bits per heavy atom. The van der Waals surface area contributed by atoms with Crippen LogP contribution in [0.2, 0.25) is 5.02 Å². The summed E-state index contributed by atoms with van der Waals surface area (Å²) in [5, 5.41) is 2.46. The molecule has 168 valence electrons. The maximum atomic E-state index is 12.4. The van der Waals surface area contributed by atoms with Gasteiger partial charge in [0.2, 0.25) is 5.91 Å². The summed E-state index contributed by atoms with van der Waals surface area (Å²) < 4.78 is 12.0. The van der Waals surface area contributed by atoms with Gasteiger partial charge in [0, 0.05) is 29.1 Å². The van der Waals surface area contributed by atoms with Crippen LogP contribution < -0.4 is 4.74 Å². The van der Waals surface area contributed by atoms with Crippen molar-refractivity contribution >= 4 is 46.6 Å². The van der Waals surface area contributed by atoms with Crippen LogP contribution in [0.5, 0.6) is 5.75 Å². The van der Waals surface area contributed by atoms with Crippen molar-refractivity contribution in [2.24, 2.45) is 0 Å². The van der Waals surface area contributed by atoms with Crippen LogP contribution in [0.15, 0.2) is 21.9 Å². The van der Waals surface area contributed by atoms with Crippen molar-refractivity contribution in [2.75, 3.05) is 18.9 Å². The Hall–Kier alpha value is -1.77. The number of thioether (sulfide) groups is 1. The zero-order valence-electron chi connectivity index (χ0n) is 18.1. The summed E-state index contributed by atoms with van der Waals surface area (Å²) in [5.41, 5.74) is 2.29. The van der Waals surface area contributed by atoms with Gasteiger partial charge in [-0.15, -0.1) is 11.3 Å². The fourth-order valence-corrected chi connectivity index (χ4v) is 5.29. The van der Waals surface area contributed by atoms with Gasteiger partial charge in [0.25, 0.3) is 0 Å². The molecule has 2 heterocycles. The van der Waals surface area contributed by atoms with Crippen molar-refractivity contribution in [1.82, 2.24) is 9.88 Å². The van der Waals surface area contributed by atoms with Crippen molar-refractivity contribution in [3.63, 3.8) is 0 Å². The third kappa shape index (κ3) is 6.37. The second kappa shape index (κ2) is 10.7. The molecule has 1 aromatic heterocycles. The van der Waals surface area contributed by atoms with Crippen LogP contribution in [0.4, 0.5) is 0 Å². The number of nitrogens with zero attached hydrogens (tertiary/aromatic N) is 2. The van der Waals surface area contributed by atoms with E-state index in [1.807, 2.05) is 44.7 Å². The molecule has 6 nitrogen and oxygen atoms in total. The van der Waals surface area contributed by atoms with E-state index in [1.165, 1.54) is 23.1 Å². The first kappa shape index (κ1) is 23.9. The number of thiazole rings is 1. The molecule has 0 radical (unpaired) electrons. The summed E-state index contributed by atoms with van der Waals surface area (Å²) in [7, 11) is 0. The fraction of sp³-hybridized carbons (Fsp3) is 0.500. The standard InChI is InChI=1S/C22H27ClN2O4S2/c1-13(2)29-21(27)18-12-31-22(24-18)30-8-7-25-16(5-6-19(25)26)11-28-17-9-14(3)20(23)15(4)10-17/h9-10,12-13,16H,5-8,11H2,1-4H3/t16-/m1/s1. The highest BCUT2D eigenvalue weighted by atomic mass is 35.5. The molecule has 1 atom stereocenters. The van der Waals surface area contributed by atoms with Gasteiger partial charge in [-0.1, -0.05) is 23.4 Å². The van der Waals surface area contributed by atoms with Gasteiger partial charge in [-0.2, -0.15) is 0 Å². The number of rotatable bonds is 9. The van der Waals surface area contributed by atoms with Crippen molar-refractivity contribution in [2.45, 2.75) is 57.0 Å². The minimum atomic E-state index is -0.405. The number of carbonyl (C=O) groups excluding carboxylic acids is 2. The molecule has 31 heavy (non-hydrogen) atoms. The minimum absolute atomic E-state index is 0.0530. The number of aryl methyl sites for hydroxylation is 2. The first-order chi connectivity index (χ1) is 14.7. The first-order valence-electron chi connectivity index (χ1n) is 10.2. The number of ether oxygens (including phenoxy) is 2. The van der Waals surface area contributed by atoms with Crippen LogP contribution in [-0.4, -0.2) is 52.8 Å². The molecule has 1 aliphatic rings. The molecule has 1 saturated heterocycles. The second-order valence-corrected chi connectivity index (χ2v) is 10.3. The summed E-state index contributed by atoms with van der Waals surface area (Å²) >= 11 is 9.18. The Morgan fingerprint density at radius 1 is 1.35 bits per heavy atom. The van der Waals surface area contributed by atoms with Crippen LogP contribution >= 0.6 is 34.7 Å². The van der Waals surface area contributed by atoms with Gasteiger partial charge in [0.15, 0.2) is 10.0 Å². The molecular weight excluding hydrogens is 456 g/mol. The average molecular weight is 483 g/mol. The number of benzene rings is 1. The SMILES string of the molecule is Cc1cc(OC[C@H]2CCC(=O)N2CCSc2nc(C(=O)OC(C)C)cs2)cc(C)c1Cl. The fourth-order valence-electron chi connectivity index (χ4n) is 3.38. The normalized spacial score (nSPS) is 16.3. The minimum Gasteiger partial charge on any atom is -0.491 e. The lowest BCUT2D eigenvalue weighted by Gasteiger charge is -2.25. The Kier molecular flexibility index (Phi) is 8.24. The van der Waals surface area contributed by atoms with Gasteiger partial charge in [0.1, 0.15) is 12.4 Å². The van der Waals surface area contributed by atoms with Crippen molar-refractivity contribution in [3.8, 4) is 5.75 Å². The molecular formula is C22H27ClN2O4S2. The first-order valence-corrected chi connectivity index (χ1v) is 12.5. The zero-order valence-corrected chi connectivity index (χ0v) is 20.5. The number of amides is 1. The molecule has 0 unspecified atom stereocenters. The average Bonchev–Trinajstić information content (AvgIpc) is 3.31. The third-order valence-electron chi connectivity index (χ3n) is 4.90. The maximum absolute atomic E-state index is 12.4. The smallest absolute Gasteiger partial charge is 0.358 e. The number of aromatic nitrogens is 1. The van der Waals surface area contributed by atoms with Crippen molar-refractivity contribution in [1.29, 1.82) is 0 Å². The number of likely N-dealkylation sites (tertiary alicyclic amines) is 1. The second-order valence-electron chi connectivity index (χ2n) is 7.76. The zero-order chi connectivity index (χ0) is 22.5. The van der Waals surface area contributed by atoms with Crippen LogP contribution in [0.1, 0.15) is 48.3 Å². The predicted molar refractivity (Wildman–Crippen MR) is 125 cm³/mol. The van der Waals surface area contributed by atoms with Gasteiger partial charge >= 0.3 is 5.97 Å². The number of halogens is 1. The number of esters is 1. The highest BCUT2D eigenvalue weighted by Crippen LogP contribution is 2.28. The molecule has 1 aromatic carbocycles. The van der Waals surface area contributed by atoms with E-state index < -0.39 is 5.97 Å². The van der Waals surface area contributed by atoms with Gasteiger partial charge in [-0.25, -0.2) is 9.78 Å². The lowest BCUT2D eigenvalue weighted by Crippen LogP contribution is -2.38. The molecule has 1 fully saturated rings. The van der Waals surface area contributed by atoms with E-state index >= 15 is 0 Å². The van der Waals surface area contributed by atoms with Gasteiger partial charge < -0.3 is 14.4 Å². The summed E-state index contributed by atoms with van der Waals surface area (Å²) in [6.07, 6.45) is 1.16. The van der Waals surface area contributed by atoms with Crippen molar-refractivity contribution in [3.05, 3.63) is 39.4 Å². The topological polar surface area (TPSA) is 68.7 Å². The molecule has 0 saturated carbocycles. The third-order valence-corrected chi connectivity index (χ3v) is 7.49. The van der Waals surface area contributed by atoms with Crippen LogP contribution in [0.25, 0.3) is 0 Å². The molecule has 0 spiro atoms. The maximum Gasteiger partial charge on any atom is 0.358 e. The molecule has 9 heteroatoms. The van der Waals surface area contributed by atoms with Crippen LogP contribution in [-0.2, 0) is 9.53 Å². The summed E-state index contributed by atoms with van der Waals surface area (Å²) in [4.78, 5) is 30.5. The molecule has 0 aliphatic carbocycles. The van der Waals surface area contributed by atoms with E-state index in [4.69, 9.17) is 21.1 Å². The Bertz CT molecular complexity index is 924. The largest absolute Gasteiger partial charge is 0.491 e. The number of hydrogen-bond acceptors (Lipinski definition) is 7.